The molecular formula is C17H26N2. The minimum atomic E-state index is 0.717. The molecule has 2 heteroatoms. The van der Waals surface area contributed by atoms with E-state index in [1.54, 1.807) is 0 Å². The van der Waals surface area contributed by atoms with Crippen molar-refractivity contribution < 1.29 is 0 Å². The molecule has 104 valence electrons. The second-order valence-corrected chi connectivity index (χ2v) is 6.52. The summed E-state index contributed by atoms with van der Waals surface area (Å²) in [6.45, 7) is 9.73. The second kappa shape index (κ2) is 5.64. The molecule has 0 aliphatic carbocycles. The highest BCUT2D eigenvalue weighted by Crippen LogP contribution is 2.28. The molecule has 0 amide bonds. The Bertz CT molecular complexity index is 401. The Morgan fingerprint density at radius 3 is 2.68 bits per heavy atom. The molecule has 2 nitrogen and oxygen atoms in total. The van der Waals surface area contributed by atoms with Gasteiger partial charge in [-0.1, -0.05) is 44.2 Å². The molecule has 2 fully saturated rings. The highest BCUT2D eigenvalue weighted by atomic mass is 15.3. The second-order valence-electron chi connectivity index (χ2n) is 6.52. The van der Waals surface area contributed by atoms with Gasteiger partial charge in [0.15, 0.2) is 0 Å². The normalized spacial score (nSPS) is 28.8. The monoisotopic (exact) mass is 258 g/mol. The van der Waals surface area contributed by atoms with Crippen LogP contribution < -0.4 is 0 Å². The van der Waals surface area contributed by atoms with Crippen molar-refractivity contribution >= 4 is 0 Å². The van der Waals surface area contributed by atoms with Crippen molar-refractivity contribution in [3.05, 3.63) is 35.9 Å². The lowest BCUT2D eigenvalue weighted by atomic mass is 9.96. The molecule has 19 heavy (non-hydrogen) atoms. The zero-order valence-corrected chi connectivity index (χ0v) is 12.3. The van der Waals surface area contributed by atoms with Crippen molar-refractivity contribution in [1.82, 2.24) is 9.80 Å². The smallest absolute Gasteiger partial charge is 0.0250 e. The molecule has 2 atom stereocenters. The summed E-state index contributed by atoms with van der Waals surface area (Å²) in [5, 5.41) is 0. The quantitative estimate of drug-likeness (QED) is 0.822. The SMILES string of the molecule is CC(C)C1CN2CCCC2CN1Cc1ccccc1. The Morgan fingerprint density at radius 1 is 1.16 bits per heavy atom. The lowest BCUT2D eigenvalue weighted by molar-refractivity contribution is 0.0239. The van der Waals surface area contributed by atoms with Gasteiger partial charge in [0.2, 0.25) is 0 Å². The first-order chi connectivity index (χ1) is 9.24. The number of benzene rings is 1. The van der Waals surface area contributed by atoms with E-state index in [1.807, 2.05) is 0 Å². The molecule has 1 aromatic rings. The Hall–Kier alpha value is -0.860. The average molecular weight is 258 g/mol. The first-order valence-electron chi connectivity index (χ1n) is 7.76. The summed E-state index contributed by atoms with van der Waals surface area (Å²) in [6.07, 6.45) is 2.80. The summed E-state index contributed by atoms with van der Waals surface area (Å²) in [5.41, 5.74) is 1.46. The third-order valence-electron chi connectivity index (χ3n) is 4.83. The molecule has 0 bridgehead atoms. The van der Waals surface area contributed by atoms with E-state index in [0.717, 1.165) is 24.5 Å². The van der Waals surface area contributed by atoms with E-state index in [4.69, 9.17) is 0 Å². The molecule has 0 N–H and O–H groups in total. The van der Waals surface area contributed by atoms with Crippen LogP contribution in [-0.2, 0) is 6.54 Å². The van der Waals surface area contributed by atoms with Crippen molar-refractivity contribution in [3.8, 4) is 0 Å². The summed E-state index contributed by atoms with van der Waals surface area (Å²) in [7, 11) is 0. The van der Waals surface area contributed by atoms with Crippen LogP contribution in [0.25, 0.3) is 0 Å². The van der Waals surface area contributed by atoms with Gasteiger partial charge in [-0.2, -0.15) is 0 Å². The number of rotatable bonds is 3. The summed E-state index contributed by atoms with van der Waals surface area (Å²) in [6, 6.07) is 12.5. The number of hydrogen-bond donors (Lipinski definition) is 0. The third kappa shape index (κ3) is 2.85. The molecule has 0 spiro atoms. The molecule has 0 aromatic heterocycles. The molecule has 2 heterocycles. The van der Waals surface area contributed by atoms with Crippen LogP contribution in [0.3, 0.4) is 0 Å². The van der Waals surface area contributed by atoms with Gasteiger partial charge in [0.25, 0.3) is 0 Å². The number of hydrogen-bond acceptors (Lipinski definition) is 2. The van der Waals surface area contributed by atoms with E-state index in [0.29, 0.717) is 0 Å². The fourth-order valence-electron chi connectivity index (χ4n) is 3.74. The van der Waals surface area contributed by atoms with Gasteiger partial charge >= 0.3 is 0 Å². The first kappa shape index (κ1) is 13.1. The van der Waals surface area contributed by atoms with E-state index in [2.05, 4.69) is 54.0 Å². The predicted molar refractivity (Wildman–Crippen MR) is 80.1 cm³/mol. The van der Waals surface area contributed by atoms with Gasteiger partial charge in [-0.15, -0.1) is 0 Å². The van der Waals surface area contributed by atoms with Crippen LogP contribution in [0, 0.1) is 5.92 Å². The largest absolute Gasteiger partial charge is 0.298 e. The van der Waals surface area contributed by atoms with Crippen LogP contribution in [0.2, 0.25) is 0 Å². The van der Waals surface area contributed by atoms with Crippen LogP contribution in [0.15, 0.2) is 30.3 Å². The third-order valence-corrected chi connectivity index (χ3v) is 4.83. The fraction of sp³-hybridized carbons (Fsp3) is 0.647. The van der Waals surface area contributed by atoms with E-state index in [-0.39, 0.29) is 0 Å². The van der Waals surface area contributed by atoms with Gasteiger partial charge in [-0.3, -0.25) is 9.80 Å². The summed E-state index contributed by atoms with van der Waals surface area (Å²) < 4.78 is 0. The van der Waals surface area contributed by atoms with E-state index in [1.165, 1.54) is 38.0 Å². The summed E-state index contributed by atoms with van der Waals surface area (Å²) >= 11 is 0. The molecule has 2 aliphatic heterocycles. The van der Waals surface area contributed by atoms with Crippen LogP contribution in [0.4, 0.5) is 0 Å². The van der Waals surface area contributed by atoms with E-state index < -0.39 is 0 Å². The minimum Gasteiger partial charge on any atom is -0.298 e. The van der Waals surface area contributed by atoms with Crippen molar-refractivity contribution in [2.24, 2.45) is 5.92 Å². The van der Waals surface area contributed by atoms with Crippen molar-refractivity contribution in [1.29, 1.82) is 0 Å². The van der Waals surface area contributed by atoms with Gasteiger partial charge in [0.05, 0.1) is 0 Å². The highest BCUT2D eigenvalue weighted by Gasteiger charge is 2.37. The van der Waals surface area contributed by atoms with Gasteiger partial charge in [0, 0.05) is 31.7 Å². The van der Waals surface area contributed by atoms with Crippen molar-refractivity contribution in [2.45, 2.75) is 45.3 Å². The number of fused-ring (bicyclic) bond motifs is 1. The van der Waals surface area contributed by atoms with Gasteiger partial charge in [-0.25, -0.2) is 0 Å². The predicted octanol–water partition coefficient (Wildman–Crippen LogP) is 2.99. The lowest BCUT2D eigenvalue weighted by Crippen LogP contribution is -2.57. The Balaban J connectivity index is 1.73. The Kier molecular flexibility index (Phi) is 3.90. The van der Waals surface area contributed by atoms with E-state index in [9.17, 15) is 0 Å². The molecular weight excluding hydrogens is 232 g/mol. The first-order valence-corrected chi connectivity index (χ1v) is 7.76. The molecule has 1 aromatic carbocycles. The number of piperazine rings is 1. The highest BCUT2D eigenvalue weighted by molar-refractivity contribution is 5.15. The maximum atomic E-state index is 2.73. The number of nitrogens with zero attached hydrogens (tertiary/aromatic N) is 2. The lowest BCUT2D eigenvalue weighted by Gasteiger charge is -2.45. The van der Waals surface area contributed by atoms with Crippen LogP contribution >= 0.6 is 0 Å². The van der Waals surface area contributed by atoms with Crippen molar-refractivity contribution in [2.75, 3.05) is 19.6 Å². The van der Waals surface area contributed by atoms with E-state index >= 15 is 0 Å². The molecule has 3 rings (SSSR count). The van der Waals surface area contributed by atoms with Crippen LogP contribution in [0.1, 0.15) is 32.3 Å². The average Bonchev–Trinajstić information content (AvgIpc) is 2.86. The Morgan fingerprint density at radius 2 is 1.95 bits per heavy atom. The molecule has 2 saturated heterocycles. The minimum absolute atomic E-state index is 0.717. The van der Waals surface area contributed by atoms with Gasteiger partial charge in [-0.05, 0) is 30.9 Å². The zero-order valence-electron chi connectivity index (χ0n) is 12.3. The molecule has 2 aliphatic rings. The maximum absolute atomic E-state index is 2.73. The van der Waals surface area contributed by atoms with Crippen LogP contribution in [-0.4, -0.2) is 41.5 Å². The van der Waals surface area contributed by atoms with Gasteiger partial charge < -0.3 is 0 Å². The summed E-state index contributed by atoms with van der Waals surface area (Å²) in [5.74, 6) is 0.741. The molecule has 2 unspecified atom stereocenters. The zero-order chi connectivity index (χ0) is 13.2. The standard InChI is InChI=1S/C17H26N2/c1-14(2)17-13-18-10-6-9-16(18)12-19(17)11-15-7-4-3-5-8-15/h3-5,7-8,14,16-17H,6,9-13H2,1-2H3. The summed E-state index contributed by atoms with van der Waals surface area (Å²) in [4.78, 5) is 5.46. The van der Waals surface area contributed by atoms with Gasteiger partial charge in [0.1, 0.15) is 0 Å². The van der Waals surface area contributed by atoms with Crippen LogP contribution in [0.5, 0.6) is 0 Å². The fourth-order valence-corrected chi connectivity index (χ4v) is 3.74. The molecule has 0 saturated carbocycles. The van der Waals surface area contributed by atoms with Crippen molar-refractivity contribution in [3.63, 3.8) is 0 Å². The molecule has 0 radical (unpaired) electrons. The Labute approximate surface area is 117 Å². The maximum Gasteiger partial charge on any atom is 0.0250 e. The topological polar surface area (TPSA) is 6.48 Å².